The van der Waals surface area contributed by atoms with Crippen LogP contribution in [-0.4, -0.2) is 43.6 Å². The third-order valence-electron chi connectivity index (χ3n) is 6.14. The number of likely N-dealkylation sites (tertiary alicyclic amines) is 1. The third-order valence-corrected chi connectivity index (χ3v) is 7.72. The van der Waals surface area contributed by atoms with Crippen LogP contribution in [0.2, 0.25) is 0 Å². The van der Waals surface area contributed by atoms with Crippen molar-refractivity contribution in [2.45, 2.75) is 70.2 Å². The molecule has 1 fully saturated rings. The fraction of sp³-hybridized carbons (Fsp3) is 0.625. The lowest BCUT2D eigenvalue weighted by Crippen LogP contribution is -2.51. The van der Waals surface area contributed by atoms with Crippen LogP contribution in [0.15, 0.2) is 36.7 Å². The number of hydrogen-bond donors (Lipinski definition) is 1. The molecule has 30 heavy (non-hydrogen) atoms. The van der Waals surface area contributed by atoms with Gasteiger partial charge in [-0.05, 0) is 70.2 Å². The molecular formula is C24H38N4OS. The second kappa shape index (κ2) is 9.86. The zero-order chi connectivity index (χ0) is 21.9. The summed E-state index contributed by atoms with van der Waals surface area (Å²) in [5.41, 5.74) is 3.45. The molecule has 1 aliphatic rings. The van der Waals surface area contributed by atoms with Gasteiger partial charge in [-0.3, -0.25) is 4.68 Å². The fourth-order valence-electron chi connectivity index (χ4n) is 4.47. The number of piperidine rings is 1. The minimum absolute atomic E-state index is 0.0225. The van der Waals surface area contributed by atoms with Crippen LogP contribution in [0.5, 0.6) is 0 Å². The van der Waals surface area contributed by atoms with Crippen molar-refractivity contribution in [3.8, 4) is 11.1 Å². The van der Waals surface area contributed by atoms with Crippen LogP contribution in [0.3, 0.4) is 0 Å². The van der Waals surface area contributed by atoms with E-state index >= 15 is 0 Å². The summed E-state index contributed by atoms with van der Waals surface area (Å²) < 4.78 is 18.1. The Kier molecular flexibility index (Phi) is 7.66. The van der Waals surface area contributed by atoms with Gasteiger partial charge in [-0.1, -0.05) is 31.5 Å². The Morgan fingerprint density at radius 3 is 2.60 bits per heavy atom. The average Bonchev–Trinajstić information content (AvgIpc) is 3.12. The molecule has 0 amide bonds. The Bertz CT molecular complexity index is 816. The SMILES string of the molecule is CCCC1CCC(C(N[S+]([O-])C(C)(C)C)c2cccc(-c3cnn(C)c3)c2)N(C)C1. The van der Waals surface area contributed by atoms with Crippen LogP contribution < -0.4 is 4.72 Å². The maximum absolute atomic E-state index is 13.1. The quantitative estimate of drug-likeness (QED) is 0.648. The Balaban J connectivity index is 1.90. The van der Waals surface area contributed by atoms with Crippen LogP contribution in [-0.2, 0) is 18.4 Å². The van der Waals surface area contributed by atoms with Crippen molar-refractivity contribution in [3.05, 3.63) is 42.2 Å². The summed E-state index contributed by atoms with van der Waals surface area (Å²) in [6.07, 6.45) is 8.84. The Morgan fingerprint density at radius 2 is 2.00 bits per heavy atom. The number of benzene rings is 1. The first kappa shape index (κ1) is 23.3. The molecule has 0 radical (unpaired) electrons. The van der Waals surface area contributed by atoms with E-state index in [9.17, 15) is 4.55 Å². The van der Waals surface area contributed by atoms with Crippen molar-refractivity contribution in [2.24, 2.45) is 13.0 Å². The maximum atomic E-state index is 13.1. The summed E-state index contributed by atoms with van der Waals surface area (Å²) in [7, 11) is 4.17. The van der Waals surface area contributed by atoms with Crippen molar-refractivity contribution >= 4 is 11.4 Å². The predicted octanol–water partition coefficient (Wildman–Crippen LogP) is 4.69. The second-order valence-corrected chi connectivity index (χ2v) is 11.7. The van der Waals surface area contributed by atoms with Gasteiger partial charge in [0.05, 0.1) is 12.2 Å². The largest absolute Gasteiger partial charge is 0.598 e. The zero-order valence-electron chi connectivity index (χ0n) is 19.4. The predicted molar refractivity (Wildman–Crippen MR) is 126 cm³/mol. The number of rotatable bonds is 7. The van der Waals surface area contributed by atoms with Gasteiger partial charge in [-0.2, -0.15) is 5.10 Å². The highest BCUT2D eigenvalue weighted by molar-refractivity contribution is 7.90. The van der Waals surface area contributed by atoms with Gasteiger partial charge >= 0.3 is 0 Å². The van der Waals surface area contributed by atoms with Crippen molar-refractivity contribution < 1.29 is 4.55 Å². The van der Waals surface area contributed by atoms with E-state index in [2.05, 4.69) is 53.0 Å². The third kappa shape index (κ3) is 5.67. The van der Waals surface area contributed by atoms with Crippen LogP contribution in [0, 0.1) is 5.92 Å². The van der Waals surface area contributed by atoms with E-state index in [4.69, 9.17) is 0 Å². The molecule has 1 aliphatic heterocycles. The van der Waals surface area contributed by atoms with Gasteiger partial charge in [0.15, 0.2) is 0 Å². The molecule has 2 heterocycles. The van der Waals surface area contributed by atoms with Crippen LogP contribution in [0.1, 0.15) is 65.0 Å². The molecule has 0 bridgehead atoms. The average molecular weight is 431 g/mol. The van der Waals surface area contributed by atoms with Gasteiger partial charge in [0.25, 0.3) is 0 Å². The van der Waals surface area contributed by atoms with Gasteiger partial charge in [-0.25, -0.2) is 0 Å². The number of hydrogen-bond acceptors (Lipinski definition) is 4. The topological polar surface area (TPSA) is 56.1 Å². The number of aryl methyl sites for hydroxylation is 1. The number of nitrogens with zero attached hydrogens (tertiary/aromatic N) is 3. The molecule has 5 nitrogen and oxygen atoms in total. The van der Waals surface area contributed by atoms with Crippen molar-refractivity contribution in [1.82, 2.24) is 19.4 Å². The molecule has 4 atom stereocenters. The highest BCUT2D eigenvalue weighted by atomic mass is 32.2. The van der Waals surface area contributed by atoms with Gasteiger partial charge in [0.1, 0.15) is 4.75 Å². The van der Waals surface area contributed by atoms with Gasteiger partial charge in [0, 0.05) is 42.8 Å². The molecule has 6 heteroatoms. The minimum Gasteiger partial charge on any atom is -0.598 e. The molecule has 2 aromatic rings. The van der Waals surface area contributed by atoms with Crippen molar-refractivity contribution in [1.29, 1.82) is 0 Å². The van der Waals surface area contributed by atoms with Crippen LogP contribution in [0.4, 0.5) is 0 Å². The normalized spacial score (nSPS) is 22.8. The highest BCUT2D eigenvalue weighted by Crippen LogP contribution is 2.34. The lowest BCUT2D eigenvalue weighted by Gasteiger charge is -2.42. The van der Waals surface area contributed by atoms with E-state index in [1.165, 1.54) is 24.8 Å². The number of likely N-dealkylation sites (N-methyl/N-ethyl adjacent to an activating group) is 1. The Morgan fingerprint density at radius 1 is 1.23 bits per heavy atom. The van der Waals surface area contributed by atoms with E-state index in [-0.39, 0.29) is 10.8 Å². The van der Waals surface area contributed by atoms with Crippen molar-refractivity contribution in [3.63, 3.8) is 0 Å². The van der Waals surface area contributed by atoms with E-state index in [1.54, 1.807) is 0 Å². The van der Waals surface area contributed by atoms with Crippen molar-refractivity contribution in [2.75, 3.05) is 13.6 Å². The monoisotopic (exact) mass is 430 g/mol. The van der Waals surface area contributed by atoms with Crippen LogP contribution >= 0.6 is 0 Å². The van der Waals surface area contributed by atoms with E-state index in [0.717, 1.165) is 30.0 Å². The summed E-state index contributed by atoms with van der Waals surface area (Å²) in [4.78, 5) is 2.48. The second-order valence-electron chi connectivity index (χ2n) is 9.74. The molecule has 1 saturated heterocycles. The molecule has 1 aromatic carbocycles. The zero-order valence-corrected chi connectivity index (χ0v) is 20.2. The molecular weight excluding hydrogens is 392 g/mol. The van der Waals surface area contributed by atoms with Gasteiger partial charge in [-0.15, -0.1) is 4.72 Å². The molecule has 1 aromatic heterocycles. The lowest BCUT2D eigenvalue weighted by molar-refractivity contribution is 0.109. The first-order valence-electron chi connectivity index (χ1n) is 11.2. The number of aromatic nitrogens is 2. The summed E-state index contributed by atoms with van der Waals surface area (Å²) in [5.74, 6) is 0.770. The smallest absolute Gasteiger partial charge is 0.136 e. The maximum Gasteiger partial charge on any atom is 0.136 e. The molecule has 4 unspecified atom stereocenters. The molecule has 3 rings (SSSR count). The van der Waals surface area contributed by atoms with E-state index in [0.29, 0.717) is 6.04 Å². The number of nitrogens with one attached hydrogen (secondary N) is 1. The summed E-state index contributed by atoms with van der Waals surface area (Å²) in [5, 5.41) is 4.32. The summed E-state index contributed by atoms with van der Waals surface area (Å²) in [6.45, 7) is 9.47. The first-order chi connectivity index (χ1) is 14.2. The molecule has 166 valence electrons. The molecule has 0 saturated carbocycles. The molecule has 0 spiro atoms. The van der Waals surface area contributed by atoms with Gasteiger partial charge in [0.2, 0.25) is 0 Å². The Labute approximate surface area is 185 Å². The minimum atomic E-state index is -1.14. The summed E-state index contributed by atoms with van der Waals surface area (Å²) in [6, 6.07) is 8.99. The first-order valence-corrected chi connectivity index (χ1v) is 12.3. The standard InChI is InChI=1S/C24H38N4OS/c1-7-9-18-12-13-22(27(5)16-18)23(26-30(29)24(2,3)4)20-11-8-10-19(14-20)21-15-25-28(6)17-21/h8,10-11,14-15,17-18,22-23,26H,7,9,12-13,16H2,1-6H3. The highest BCUT2D eigenvalue weighted by Gasteiger charge is 2.37. The van der Waals surface area contributed by atoms with E-state index < -0.39 is 11.4 Å². The molecule has 0 aliphatic carbocycles. The fourth-order valence-corrected chi connectivity index (χ4v) is 5.35. The lowest BCUT2D eigenvalue weighted by atomic mass is 9.85. The Hall–Kier alpha value is -1.34. The van der Waals surface area contributed by atoms with Gasteiger partial charge < -0.3 is 9.45 Å². The summed E-state index contributed by atoms with van der Waals surface area (Å²) >= 11 is -1.14. The van der Waals surface area contributed by atoms with E-state index in [1.807, 2.05) is 44.9 Å². The molecule has 1 N–H and O–H groups in total. The van der Waals surface area contributed by atoms with Crippen LogP contribution in [0.25, 0.3) is 11.1 Å².